The minimum atomic E-state index is -0.184. The van der Waals surface area contributed by atoms with Crippen LogP contribution in [0.25, 0.3) is 0 Å². The van der Waals surface area contributed by atoms with E-state index in [2.05, 4.69) is 29.8 Å². The van der Waals surface area contributed by atoms with Gasteiger partial charge in [0.2, 0.25) is 0 Å². The lowest BCUT2D eigenvalue weighted by atomic mass is 10.1. The van der Waals surface area contributed by atoms with Gasteiger partial charge in [-0.2, -0.15) is 0 Å². The van der Waals surface area contributed by atoms with E-state index in [1.807, 2.05) is 12.3 Å². The fourth-order valence-corrected chi connectivity index (χ4v) is 1.88. The predicted octanol–water partition coefficient (Wildman–Crippen LogP) is 1.78. The van der Waals surface area contributed by atoms with Crippen molar-refractivity contribution in [3.8, 4) is 0 Å². The summed E-state index contributed by atoms with van der Waals surface area (Å²) in [4.78, 5) is 6.56. The summed E-state index contributed by atoms with van der Waals surface area (Å²) in [5, 5.41) is 9.43. The average molecular weight is 206 g/mol. The second-order valence-electron chi connectivity index (χ2n) is 4.49. The first-order chi connectivity index (χ1) is 7.16. The Kier molecular flexibility index (Phi) is 2.91. The average Bonchev–Trinajstić information content (AvgIpc) is 2.65. The predicted molar refractivity (Wildman–Crippen MR) is 61.2 cm³/mol. The van der Waals surface area contributed by atoms with Crippen LogP contribution in [0.15, 0.2) is 18.3 Å². The second kappa shape index (κ2) is 4.19. The van der Waals surface area contributed by atoms with Gasteiger partial charge in [0.05, 0.1) is 6.10 Å². The molecule has 2 rings (SSSR count). The number of nitrogens with zero attached hydrogens (tertiary/aromatic N) is 2. The van der Waals surface area contributed by atoms with Crippen LogP contribution >= 0.6 is 0 Å². The molecule has 1 N–H and O–H groups in total. The quantitative estimate of drug-likeness (QED) is 0.801. The normalized spacial score (nSPS) is 21.3. The summed E-state index contributed by atoms with van der Waals surface area (Å²) in [5.74, 6) is 1.51. The number of anilines is 1. The van der Waals surface area contributed by atoms with Gasteiger partial charge in [0.1, 0.15) is 5.82 Å². The molecule has 0 radical (unpaired) electrons. The van der Waals surface area contributed by atoms with Gasteiger partial charge >= 0.3 is 0 Å². The molecule has 0 aromatic carbocycles. The highest BCUT2D eigenvalue weighted by molar-refractivity contribution is 5.41. The molecule has 2 heterocycles. The lowest BCUT2D eigenvalue weighted by Crippen LogP contribution is -2.22. The molecule has 1 aliphatic rings. The van der Waals surface area contributed by atoms with Crippen LogP contribution in [-0.2, 0) is 0 Å². The number of aliphatic hydroxyl groups excluding tert-OH is 1. The van der Waals surface area contributed by atoms with E-state index in [9.17, 15) is 5.11 Å². The van der Waals surface area contributed by atoms with E-state index in [0.717, 1.165) is 18.8 Å². The molecule has 0 spiro atoms. The molecule has 1 atom stereocenters. The highest BCUT2D eigenvalue weighted by atomic mass is 16.3. The Morgan fingerprint density at radius 2 is 2.27 bits per heavy atom. The van der Waals surface area contributed by atoms with Crippen molar-refractivity contribution in [3.05, 3.63) is 23.9 Å². The zero-order valence-electron chi connectivity index (χ0n) is 9.35. The molecule has 1 unspecified atom stereocenters. The van der Waals surface area contributed by atoms with Crippen LogP contribution in [0, 0.1) is 0 Å². The number of hydrogen-bond donors (Lipinski definition) is 1. The van der Waals surface area contributed by atoms with Gasteiger partial charge in [-0.15, -0.1) is 0 Å². The maximum Gasteiger partial charge on any atom is 0.128 e. The standard InChI is InChI=1S/C12H18N2O/c1-9(2)10-3-4-12(13-7-10)14-6-5-11(15)8-14/h3-4,7,9,11,15H,5-6,8H2,1-2H3. The molecule has 1 aliphatic heterocycles. The third-order valence-electron chi connectivity index (χ3n) is 2.92. The Morgan fingerprint density at radius 3 is 2.73 bits per heavy atom. The number of hydrogen-bond acceptors (Lipinski definition) is 3. The first-order valence-corrected chi connectivity index (χ1v) is 5.56. The Bertz CT molecular complexity index is 321. The minimum Gasteiger partial charge on any atom is -0.391 e. The molecule has 1 saturated heterocycles. The largest absolute Gasteiger partial charge is 0.391 e. The van der Waals surface area contributed by atoms with Crippen molar-refractivity contribution >= 4 is 5.82 Å². The maximum absolute atomic E-state index is 9.43. The van der Waals surface area contributed by atoms with Crippen LogP contribution in [0.3, 0.4) is 0 Å². The highest BCUT2D eigenvalue weighted by Crippen LogP contribution is 2.20. The molecular weight excluding hydrogens is 188 g/mol. The first kappa shape index (κ1) is 10.4. The number of aromatic nitrogens is 1. The summed E-state index contributed by atoms with van der Waals surface area (Å²) in [6.07, 6.45) is 2.61. The fraction of sp³-hybridized carbons (Fsp3) is 0.583. The van der Waals surface area contributed by atoms with Gasteiger partial charge in [0, 0.05) is 19.3 Å². The van der Waals surface area contributed by atoms with E-state index in [4.69, 9.17) is 0 Å². The summed E-state index contributed by atoms with van der Waals surface area (Å²) >= 11 is 0. The number of aliphatic hydroxyl groups is 1. The third-order valence-corrected chi connectivity index (χ3v) is 2.92. The van der Waals surface area contributed by atoms with Crippen molar-refractivity contribution < 1.29 is 5.11 Å². The molecular formula is C12H18N2O. The van der Waals surface area contributed by atoms with E-state index in [-0.39, 0.29) is 6.10 Å². The van der Waals surface area contributed by atoms with Gasteiger partial charge in [-0.1, -0.05) is 19.9 Å². The number of rotatable bonds is 2. The van der Waals surface area contributed by atoms with Crippen molar-refractivity contribution in [1.82, 2.24) is 4.98 Å². The molecule has 3 heteroatoms. The Balaban J connectivity index is 2.10. The molecule has 82 valence electrons. The van der Waals surface area contributed by atoms with E-state index >= 15 is 0 Å². The van der Waals surface area contributed by atoms with Crippen molar-refractivity contribution in [2.45, 2.75) is 32.3 Å². The molecule has 3 nitrogen and oxygen atoms in total. The molecule has 0 amide bonds. The van der Waals surface area contributed by atoms with Crippen LogP contribution in [0.1, 0.15) is 31.7 Å². The van der Waals surface area contributed by atoms with Gasteiger partial charge in [-0.3, -0.25) is 0 Å². The number of β-amino-alcohol motifs (C(OH)–C–C–N with tert-alkyl or cyclic N) is 1. The Labute approximate surface area is 90.8 Å². The Hall–Kier alpha value is -1.09. The molecule has 1 fully saturated rings. The molecule has 0 bridgehead atoms. The zero-order valence-corrected chi connectivity index (χ0v) is 9.35. The SMILES string of the molecule is CC(C)c1ccc(N2CCC(O)C2)nc1. The van der Waals surface area contributed by atoms with Gasteiger partial charge in [-0.25, -0.2) is 4.98 Å². The van der Waals surface area contributed by atoms with Crippen molar-refractivity contribution in [1.29, 1.82) is 0 Å². The summed E-state index contributed by atoms with van der Waals surface area (Å²) < 4.78 is 0. The molecule has 0 saturated carbocycles. The van der Waals surface area contributed by atoms with Crippen molar-refractivity contribution in [2.75, 3.05) is 18.0 Å². The zero-order chi connectivity index (χ0) is 10.8. The molecule has 15 heavy (non-hydrogen) atoms. The van der Waals surface area contributed by atoms with Crippen LogP contribution in [0.4, 0.5) is 5.82 Å². The first-order valence-electron chi connectivity index (χ1n) is 5.56. The van der Waals surface area contributed by atoms with Crippen LogP contribution < -0.4 is 4.90 Å². The lowest BCUT2D eigenvalue weighted by Gasteiger charge is -2.17. The fourth-order valence-electron chi connectivity index (χ4n) is 1.88. The van der Waals surface area contributed by atoms with Gasteiger partial charge in [0.25, 0.3) is 0 Å². The summed E-state index contributed by atoms with van der Waals surface area (Å²) in [5.41, 5.74) is 1.26. The second-order valence-corrected chi connectivity index (χ2v) is 4.49. The summed E-state index contributed by atoms with van der Waals surface area (Å²) in [6, 6.07) is 4.17. The van der Waals surface area contributed by atoms with Gasteiger partial charge in [0.15, 0.2) is 0 Å². The van der Waals surface area contributed by atoms with E-state index in [1.54, 1.807) is 0 Å². The summed E-state index contributed by atoms with van der Waals surface area (Å²) in [7, 11) is 0. The smallest absolute Gasteiger partial charge is 0.128 e. The van der Waals surface area contributed by atoms with Gasteiger partial charge in [-0.05, 0) is 24.0 Å². The van der Waals surface area contributed by atoms with Crippen molar-refractivity contribution in [2.24, 2.45) is 0 Å². The monoisotopic (exact) mass is 206 g/mol. The topological polar surface area (TPSA) is 36.4 Å². The lowest BCUT2D eigenvalue weighted by molar-refractivity contribution is 0.198. The van der Waals surface area contributed by atoms with Crippen molar-refractivity contribution in [3.63, 3.8) is 0 Å². The Morgan fingerprint density at radius 1 is 1.47 bits per heavy atom. The minimum absolute atomic E-state index is 0.184. The summed E-state index contributed by atoms with van der Waals surface area (Å²) in [6.45, 7) is 5.95. The highest BCUT2D eigenvalue weighted by Gasteiger charge is 2.20. The maximum atomic E-state index is 9.43. The molecule has 1 aromatic heterocycles. The van der Waals surface area contributed by atoms with Crippen LogP contribution in [0.5, 0.6) is 0 Å². The van der Waals surface area contributed by atoms with Gasteiger partial charge < -0.3 is 10.0 Å². The van der Waals surface area contributed by atoms with E-state index in [1.165, 1.54) is 5.56 Å². The van der Waals surface area contributed by atoms with E-state index in [0.29, 0.717) is 12.5 Å². The van der Waals surface area contributed by atoms with E-state index < -0.39 is 0 Å². The molecule has 1 aromatic rings. The van der Waals surface area contributed by atoms with Crippen LogP contribution in [-0.4, -0.2) is 29.3 Å². The molecule has 0 aliphatic carbocycles. The third kappa shape index (κ3) is 2.29. The number of pyridine rings is 1. The van der Waals surface area contributed by atoms with Crippen LogP contribution in [0.2, 0.25) is 0 Å².